The summed E-state index contributed by atoms with van der Waals surface area (Å²) in [5.74, 6) is -0.432. The van der Waals surface area contributed by atoms with Crippen molar-refractivity contribution in [2.24, 2.45) is 0 Å². The summed E-state index contributed by atoms with van der Waals surface area (Å²) in [6.45, 7) is 0. The van der Waals surface area contributed by atoms with Crippen LogP contribution in [0.3, 0.4) is 0 Å². The van der Waals surface area contributed by atoms with Gasteiger partial charge in [0.2, 0.25) is 0 Å². The third-order valence-electron chi connectivity index (χ3n) is 3.11. The van der Waals surface area contributed by atoms with Gasteiger partial charge < -0.3 is 5.32 Å². The molecule has 0 aliphatic carbocycles. The molecule has 0 aliphatic rings. The van der Waals surface area contributed by atoms with E-state index in [4.69, 9.17) is 16.9 Å². The summed E-state index contributed by atoms with van der Waals surface area (Å²) in [4.78, 5) is 23.8. The Bertz CT molecular complexity index is 1020. The van der Waals surface area contributed by atoms with Gasteiger partial charge in [-0.3, -0.25) is 4.79 Å². The Kier molecular flexibility index (Phi) is 4.09. The Balaban J connectivity index is 1.88. The van der Waals surface area contributed by atoms with E-state index in [9.17, 15) is 9.59 Å². The molecule has 24 heavy (non-hydrogen) atoms. The minimum absolute atomic E-state index is 0.253. The smallest absolute Gasteiger partial charge is 0.322 e. The number of benzene rings is 2. The SMILES string of the molecule is N#Cc1cc(Cl)cc(C(=O)Nc2cccc(-n3nn[nH]c3=O)c2)c1. The summed E-state index contributed by atoms with van der Waals surface area (Å²) >= 11 is 5.90. The first-order valence-corrected chi connectivity index (χ1v) is 7.07. The van der Waals surface area contributed by atoms with Crippen molar-refractivity contribution in [1.82, 2.24) is 20.2 Å². The Morgan fingerprint density at radius 2 is 2.12 bits per heavy atom. The van der Waals surface area contributed by atoms with Gasteiger partial charge in [0.05, 0.1) is 17.3 Å². The molecule has 0 unspecified atom stereocenters. The van der Waals surface area contributed by atoms with E-state index in [1.54, 1.807) is 24.3 Å². The predicted molar refractivity (Wildman–Crippen MR) is 86.1 cm³/mol. The first kappa shape index (κ1) is 15.5. The molecular weight excluding hydrogens is 332 g/mol. The van der Waals surface area contributed by atoms with Crippen molar-refractivity contribution < 1.29 is 4.79 Å². The number of carbonyl (C=O) groups is 1. The van der Waals surface area contributed by atoms with Crippen molar-refractivity contribution in [2.45, 2.75) is 0 Å². The summed E-state index contributed by atoms with van der Waals surface area (Å²) in [6.07, 6.45) is 0. The lowest BCUT2D eigenvalue weighted by Crippen LogP contribution is -2.17. The third kappa shape index (κ3) is 3.16. The van der Waals surface area contributed by atoms with E-state index >= 15 is 0 Å². The molecule has 8 nitrogen and oxygen atoms in total. The van der Waals surface area contributed by atoms with Crippen LogP contribution < -0.4 is 11.0 Å². The number of nitrogens with zero attached hydrogens (tertiary/aromatic N) is 4. The highest BCUT2D eigenvalue weighted by Gasteiger charge is 2.10. The topological polar surface area (TPSA) is 116 Å². The highest BCUT2D eigenvalue weighted by molar-refractivity contribution is 6.31. The Morgan fingerprint density at radius 1 is 1.29 bits per heavy atom. The summed E-state index contributed by atoms with van der Waals surface area (Å²) in [6, 6.07) is 12.8. The number of hydrogen-bond donors (Lipinski definition) is 2. The van der Waals surface area contributed by atoms with Crippen LogP contribution in [-0.4, -0.2) is 26.1 Å². The molecule has 0 radical (unpaired) electrons. The molecule has 3 rings (SSSR count). The summed E-state index contributed by atoms with van der Waals surface area (Å²) in [7, 11) is 0. The number of rotatable bonds is 3. The van der Waals surface area contributed by atoms with Crippen LogP contribution in [0.2, 0.25) is 5.02 Å². The lowest BCUT2D eigenvalue weighted by molar-refractivity contribution is 0.102. The average molecular weight is 341 g/mol. The molecule has 1 amide bonds. The Morgan fingerprint density at radius 3 is 2.83 bits per heavy atom. The van der Waals surface area contributed by atoms with Crippen LogP contribution in [0.4, 0.5) is 5.69 Å². The second kappa shape index (κ2) is 6.36. The number of carbonyl (C=O) groups excluding carboxylic acids is 1. The molecular formula is C15H9ClN6O2. The van der Waals surface area contributed by atoms with Crippen molar-refractivity contribution >= 4 is 23.2 Å². The number of amides is 1. The third-order valence-corrected chi connectivity index (χ3v) is 3.33. The number of halogens is 1. The largest absolute Gasteiger partial charge is 0.365 e. The maximum absolute atomic E-state index is 12.3. The van der Waals surface area contributed by atoms with Crippen LogP contribution in [0.5, 0.6) is 0 Å². The molecule has 2 aromatic carbocycles. The van der Waals surface area contributed by atoms with Gasteiger partial charge in [-0.1, -0.05) is 17.7 Å². The van der Waals surface area contributed by atoms with Gasteiger partial charge in [-0.2, -0.15) is 9.94 Å². The van der Waals surface area contributed by atoms with Gasteiger partial charge in [0, 0.05) is 16.3 Å². The molecule has 0 spiro atoms. The molecule has 0 bridgehead atoms. The number of H-pyrrole nitrogens is 1. The molecule has 1 aromatic heterocycles. The minimum atomic E-state index is -0.494. The molecule has 2 N–H and O–H groups in total. The number of aromatic nitrogens is 4. The number of aromatic amines is 1. The van der Waals surface area contributed by atoms with Crippen LogP contribution in [-0.2, 0) is 0 Å². The van der Waals surface area contributed by atoms with Crippen LogP contribution in [0, 0.1) is 11.3 Å². The van der Waals surface area contributed by atoms with Crippen molar-refractivity contribution in [3.05, 3.63) is 69.1 Å². The number of nitrogens with one attached hydrogen (secondary N) is 2. The lowest BCUT2D eigenvalue weighted by Gasteiger charge is -2.07. The highest BCUT2D eigenvalue weighted by atomic mass is 35.5. The van der Waals surface area contributed by atoms with E-state index in [2.05, 4.69) is 20.8 Å². The standard InChI is InChI=1S/C15H9ClN6O2/c16-11-5-9(8-17)4-10(6-11)14(23)18-12-2-1-3-13(7-12)22-15(24)19-20-21-22/h1-7H,(H,18,23)(H,19,21,24). The van der Waals surface area contributed by atoms with E-state index in [0.717, 1.165) is 4.68 Å². The van der Waals surface area contributed by atoms with Gasteiger partial charge >= 0.3 is 5.69 Å². The number of anilines is 1. The second-order valence-electron chi connectivity index (χ2n) is 4.76. The van der Waals surface area contributed by atoms with Gasteiger partial charge in [-0.15, -0.1) is 0 Å². The zero-order valence-electron chi connectivity index (χ0n) is 12.0. The molecule has 0 atom stereocenters. The molecule has 3 aromatic rings. The van der Waals surface area contributed by atoms with Gasteiger partial charge in [-0.05, 0) is 46.8 Å². The first-order chi connectivity index (χ1) is 11.6. The number of tetrazole rings is 1. The zero-order chi connectivity index (χ0) is 17.1. The van der Waals surface area contributed by atoms with Crippen LogP contribution >= 0.6 is 11.6 Å². The number of hydrogen-bond acceptors (Lipinski definition) is 5. The first-order valence-electron chi connectivity index (χ1n) is 6.70. The normalized spacial score (nSPS) is 10.2. The molecule has 0 saturated carbocycles. The van der Waals surface area contributed by atoms with E-state index in [1.807, 2.05) is 6.07 Å². The van der Waals surface area contributed by atoms with Crippen molar-refractivity contribution in [3.8, 4) is 11.8 Å². The van der Waals surface area contributed by atoms with E-state index in [-0.39, 0.29) is 11.1 Å². The molecule has 1 heterocycles. The molecule has 9 heteroatoms. The summed E-state index contributed by atoms with van der Waals surface area (Å²) < 4.78 is 1.06. The Labute approximate surface area is 140 Å². The van der Waals surface area contributed by atoms with Crippen molar-refractivity contribution in [3.63, 3.8) is 0 Å². The van der Waals surface area contributed by atoms with E-state index in [1.165, 1.54) is 18.2 Å². The van der Waals surface area contributed by atoms with Gasteiger partial charge in [0.1, 0.15) is 0 Å². The zero-order valence-corrected chi connectivity index (χ0v) is 12.8. The molecule has 0 fully saturated rings. The average Bonchev–Trinajstić information content (AvgIpc) is 3.00. The second-order valence-corrected chi connectivity index (χ2v) is 5.20. The lowest BCUT2D eigenvalue weighted by atomic mass is 10.1. The molecule has 118 valence electrons. The maximum Gasteiger partial charge on any atom is 0.365 e. The fourth-order valence-electron chi connectivity index (χ4n) is 2.07. The number of nitriles is 1. The highest BCUT2D eigenvalue weighted by Crippen LogP contribution is 2.17. The molecule has 0 aliphatic heterocycles. The fraction of sp³-hybridized carbons (Fsp3) is 0. The quantitative estimate of drug-likeness (QED) is 0.753. The maximum atomic E-state index is 12.3. The monoisotopic (exact) mass is 340 g/mol. The van der Waals surface area contributed by atoms with Gasteiger partial charge in [0.25, 0.3) is 5.91 Å². The van der Waals surface area contributed by atoms with E-state index in [0.29, 0.717) is 16.4 Å². The van der Waals surface area contributed by atoms with Crippen LogP contribution in [0.25, 0.3) is 5.69 Å². The minimum Gasteiger partial charge on any atom is -0.322 e. The van der Waals surface area contributed by atoms with E-state index < -0.39 is 11.6 Å². The van der Waals surface area contributed by atoms with Crippen molar-refractivity contribution in [1.29, 1.82) is 5.26 Å². The van der Waals surface area contributed by atoms with Crippen molar-refractivity contribution in [2.75, 3.05) is 5.32 Å². The Hall–Kier alpha value is -3.44. The van der Waals surface area contributed by atoms with Gasteiger partial charge in [0.15, 0.2) is 0 Å². The molecule has 0 saturated heterocycles. The van der Waals surface area contributed by atoms with Crippen LogP contribution in [0.15, 0.2) is 47.3 Å². The fourth-order valence-corrected chi connectivity index (χ4v) is 2.31. The van der Waals surface area contributed by atoms with Crippen LogP contribution in [0.1, 0.15) is 15.9 Å². The van der Waals surface area contributed by atoms with Gasteiger partial charge in [-0.25, -0.2) is 9.89 Å². The summed E-state index contributed by atoms with van der Waals surface area (Å²) in [5.41, 5.74) is 0.937. The summed E-state index contributed by atoms with van der Waals surface area (Å²) in [5, 5.41) is 21.1. The predicted octanol–water partition coefficient (Wildman–Crippen LogP) is 1.73.